The molecule has 1 aromatic carbocycles. The van der Waals surface area contributed by atoms with Gasteiger partial charge in [0, 0.05) is 45.0 Å². The maximum Gasteiger partial charge on any atom is 0.0364 e. The van der Waals surface area contributed by atoms with Gasteiger partial charge in [-0.05, 0) is 37.5 Å². The second kappa shape index (κ2) is 6.21. The Morgan fingerprint density at radius 3 is 2.78 bits per heavy atom. The zero-order valence-corrected chi connectivity index (χ0v) is 11.7. The Morgan fingerprint density at radius 1 is 1.33 bits per heavy atom. The largest absolute Gasteiger partial charge is 0.378 e. The normalized spacial score (nSPS) is 16.6. The lowest BCUT2D eigenvalue weighted by molar-refractivity contribution is 0.500. The predicted molar refractivity (Wildman–Crippen MR) is 78.1 cm³/mol. The SMILES string of the molecule is CC(CNC1CC1)NCc1cccc(N(C)C)c1. The zero-order chi connectivity index (χ0) is 13.0. The summed E-state index contributed by atoms with van der Waals surface area (Å²) in [5.74, 6) is 0. The maximum absolute atomic E-state index is 3.57. The predicted octanol–water partition coefficient (Wildman–Crippen LogP) is 1.98. The van der Waals surface area contributed by atoms with Crippen molar-refractivity contribution in [2.24, 2.45) is 0 Å². The van der Waals surface area contributed by atoms with Crippen LogP contribution in [0.2, 0.25) is 0 Å². The quantitative estimate of drug-likeness (QED) is 0.771. The summed E-state index contributed by atoms with van der Waals surface area (Å²) in [6.45, 7) is 4.25. The Kier molecular flexibility index (Phi) is 4.61. The first kappa shape index (κ1) is 13.4. The standard InChI is InChI=1S/C15H25N3/c1-12(10-17-14-7-8-14)16-11-13-5-4-6-15(9-13)18(2)3/h4-6,9,12,14,16-17H,7-8,10-11H2,1-3H3. The molecule has 1 saturated carbocycles. The van der Waals surface area contributed by atoms with Gasteiger partial charge in [-0.25, -0.2) is 0 Å². The molecule has 0 radical (unpaired) electrons. The molecular weight excluding hydrogens is 222 g/mol. The molecule has 0 amide bonds. The van der Waals surface area contributed by atoms with Gasteiger partial charge in [-0.3, -0.25) is 0 Å². The number of benzene rings is 1. The van der Waals surface area contributed by atoms with Crippen molar-refractivity contribution >= 4 is 5.69 Å². The summed E-state index contributed by atoms with van der Waals surface area (Å²) in [5.41, 5.74) is 2.61. The topological polar surface area (TPSA) is 27.3 Å². The van der Waals surface area contributed by atoms with Crippen LogP contribution in [0.3, 0.4) is 0 Å². The van der Waals surface area contributed by atoms with Crippen molar-refractivity contribution in [2.75, 3.05) is 25.5 Å². The average molecular weight is 247 g/mol. The molecule has 0 saturated heterocycles. The highest BCUT2D eigenvalue weighted by atomic mass is 15.1. The molecule has 3 nitrogen and oxygen atoms in total. The average Bonchev–Trinajstić information content (AvgIpc) is 3.18. The van der Waals surface area contributed by atoms with Crippen molar-refractivity contribution in [3.63, 3.8) is 0 Å². The van der Waals surface area contributed by atoms with Gasteiger partial charge in [-0.1, -0.05) is 12.1 Å². The zero-order valence-electron chi connectivity index (χ0n) is 11.7. The Balaban J connectivity index is 1.75. The molecule has 1 unspecified atom stereocenters. The Bertz CT molecular complexity index is 372. The minimum absolute atomic E-state index is 0.522. The molecule has 2 rings (SSSR count). The van der Waals surface area contributed by atoms with Crippen LogP contribution in [0, 0.1) is 0 Å². The smallest absolute Gasteiger partial charge is 0.0364 e. The van der Waals surface area contributed by atoms with E-state index in [4.69, 9.17) is 0 Å². The van der Waals surface area contributed by atoms with Gasteiger partial charge >= 0.3 is 0 Å². The first-order valence-corrected chi connectivity index (χ1v) is 6.88. The lowest BCUT2D eigenvalue weighted by atomic mass is 10.2. The molecule has 1 aliphatic carbocycles. The summed E-state index contributed by atoms with van der Waals surface area (Å²) in [7, 11) is 4.16. The third-order valence-electron chi connectivity index (χ3n) is 3.37. The monoisotopic (exact) mass is 247 g/mol. The van der Waals surface area contributed by atoms with E-state index < -0.39 is 0 Å². The highest BCUT2D eigenvalue weighted by Gasteiger charge is 2.20. The molecule has 2 N–H and O–H groups in total. The molecule has 1 aliphatic rings. The van der Waals surface area contributed by atoms with Gasteiger partial charge in [0.15, 0.2) is 0 Å². The van der Waals surface area contributed by atoms with Crippen molar-refractivity contribution < 1.29 is 0 Å². The number of hydrogen-bond acceptors (Lipinski definition) is 3. The van der Waals surface area contributed by atoms with Crippen LogP contribution in [-0.2, 0) is 6.54 Å². The molecule has 0 heterocycles. The summed E-state index contributed by atoms with van der Waals surface area (Å²) in [5, 5.41) is 7.12. The van der Waals surface area contributed by atoms with E-state index in [0.717, 1.165) is 19.1 Å². The highest BCUT2D eigenvalue weighted by Crippen LogP contribution is 2.18. The molecule has 0 aromatic heterocycles. The van der Waals surface area contributed by atoms with Crippen LogP contribution in [0.1, 0.15) is 25.3 Å². The molecule has 0 bridgehead atoms. The second-order valence-corrected chi connectivity index (χ2v) is 5.53. The fourth-order valence-electron chi connectivity index (χ4n) is 1.94. The molecular formula is C15H25N3. The van der Waals surface area contributed by atoms with E-state index in [9.17, 15) is 0 Å². The summed E-state index contributed by atoms with van der Waals surface area (Å²) in [6, 6.07) is 10.0. The van der Waals surface area contributed by atoms with Crippen LogP contribution in [0.4, 0.5) is 5.69 Å². The summed E-state index contributed by atoms with van der Waals surface area (Å²) >= 11 is 0. The lowest BCUT2D eigenvalue weighted by Crippen LogP contribution is -2.36. The van der Waals surface area contributed by atoms with Gasteiger partial charge < -0.3 is 15.5 Å². The highest BCUT2D eigenvalue weighted by molar-refractivity contribution is 5.47. The van der Waals surface area contributed by atoms with Gasteiger partial charge in [0.2, 0.25) is 0 Å². The van der Waals surface area contributed by atoms with Crippen LogP contribution in [0.25, 0.3) is 0 Å². The molecule has 1 aromatic rings. The third kappa shape index (κ3) is 4.31. The molecule has 18 heavy (non-hydrogen) atoms. The van der Waals surface area contributed by atoms with E-state index >= 15 is 0 Å². The molecule has 0 spiro atoms. The van der Waals surface area contributed by atoms with Gasteiger partial charge in [-0.2, -0.15) is 0 Å². The molecule has 1 fully saturated rings. The fourth-order valence-corrected chi connectivity index (χ4v) is 1.94. The lowest BCUT2D eigenvalue weighted by Gasteiger charge is -2.16. The third-order valence-corrected chi connectivity index (χ3v) is 3.37. The van der Waals surface area contributed by atoms with Crippen molar-refractivity contribution in [1.82, 2.24) is 10.6 Å². The first-order chi connectivity index (χ1) is 8.65. The number of rotatable bonds is 7. The summed E-state index contributed by atoms with van der Waals surface area (Å²) < 4.78 is 0. The van der Waals surface area contributed by atoms with Crippen LogP contribution in [-0.4, -0.2) is 32.7 Å². The Labute approximate surface area is 111 Å². The van der Waals surface area contributed by atoms with E-state index in [-0.39, 0.29) is 0 Å². The molecule has 0 aliphatic heterocycles. The van der Waals surface area contributed by atoms with Gasteiger partial charge in [0.25, 0.3) is 0 Å². The van der Waals surface area contributed by atoms with E-state index in [1.54, 1.807) is 0 Å². The van der Waals surface area contributed by atoms with Crippen LogP contribution in [0.15, 0.2) is 24.3 Å². The van der Waals surface area contributed by atoms with Gasteiger partial charge in [0.1, 0.15) is 0 Å². The number of nitrogens with zero attached hydrogens (tertiary/aromatic N) is 1. The van der Waals surface area contributed by atoms with E-state index in [1.807, 2.05) is 0 Å². The summed E-state index contributed by atoms with van der Waals surface area (Å²) in [4.78, 5) is 2.14. The number of anilines is 1. The maximum atomic E-state index is 3.57. The number of nitrogens with one attached hydrogen (secondary N) is 2. The minimum Gasteiger partial charge on any atom is -0.378 e. The number of hydrogen-bond donors (Lipinski definition) is 2. The molecule has 1 atom stereocenters. The van der Waals surface area contributed by atoms with Crippen LogP contribution < -0.4 is 15.5 Å². The molecule has 3 heteroatoms. The summed E-state index contributed by atoms with van der Waals surface area (Å²) in [6.07, 6.45) is 2.72. The Hall–Kier alpha value is -1.06. The van der Waals surface area contributed by atoms with Gasteiger partial charge in [-0.15, -0.1) is 0 Å². The van der Waals surface area contributed by atoms with E-state index in [0.29, 0.717) is 6.04 Å². The fraction of sp³-hybridized carbons (Fsp3) is 0.600. The Morgan fingerprint density at radius 2 is 2.11 bits per heavy atom. The van der Waals surface area contributed by atoms with Crippen molar-refractivity contribution in [1.29, 1.82) is 0 Å². The first-order valence-electron chi connectivity index (χ1n) is 6.88. The van der Waals surface area contributed by atoms with Crippen molar-refractivity contribution in [2.45, 2.75) is 38.4 Å². The van der Waals surface area contributed by atoms with E-state index in [2.05, 4.69) is 60.8 Å². The van der Waals surface area contributed by atoms with Crippen LogP contribution >= 0.6 is 0 Å². The van der Waals surface area contributed by atoms with Gasteiger partial charge in [0.05, 0.1) is 0 Å². The van der Waals surface area contributed by atoms with Crippen molar-refractivity contribution in [3.05, 3.63) is 29.8 Å². The van der Waals surface area contributed by atoms with E-state index in [1.165, 1.54) is 24.1 Å². The van der Waals surface area contributed by atoms with Crippen molar-refractivity contribution in [3.8, 4) is 0 Å². The second-order valence-electron chi connectivity index (χ2n) is 5.53. The van der Waals surface area contributed by atoms with Crippen LogP contribution in [0.5, 0.6) is 0 Å². The molecule has 100 valence electrons. The minimum atomic E-state index is 0.522.